The van der Waals surface area contributed by atoms with Gasteiger partial charge in [-0.3, -0.25) is 9.78 Å². The van der Waals surface area contributed by atoms with Crippen LogP contribution in [0.25, 0.3) is 10.9 Å². The van der Waals surface area contributed by atoms with Gasteiger partial charge in [-0.05, 0) is 26.0 Å². The number of esters is 1. The number of ether oxygens (including phenoxy) is 1. The number of carbonyl (C=O) groups is 2. The van der Waals surface area contributed by atoms with E-state index in [0.29, 0.717) is 11.3 Å². The zero-order chi connectivity index (χ0) is 14.7. The van der Waals surface area contributed by atoms with E-state index in [1.165, 1.54) is 7.11 Å². The third-order valence-corrected chi connectivity index (χ3v) is 3.06. The lowest BCUT2D eigenvalue weighted by Gasteiger charge is -2.13. The molecule has 20 heavy (non-hydrogen) atoms. The molecule has 0 saturated carbocycles. The first kappa shape index (κ1) is 14.0. The second kappa shape index (κ2) is 5.69. The maximum atomic E-state index is 12.2. The van der Waals surface area contributed by atoms with E-state index in [9.17, 15) is 9.59 Å². The van der Waals surface area contributed by atoms with Crippen molar-refractivity contribution in [1.82, 2.24) is 10.3 Å². The Morgan fingerprint density at radius 2 is 2.00 bits per heavy atom. The van der Waals surface area contributed by atoms with Gasteiger partial charge in [0.15, 0.2) is 0 Å². The number of hydrogen-bond acceptors (Lipinski definition) is 4. The van der Waals surface area contributed by atoms with E-state index in [0.717, 1.165) is 10.9 Å². The van der Waals surface area contributed by atoms with Crippen molar-refractivity contribution in [1.29, 1.82) is 0 Å². The number of aromatic nitrogens is 1. The van der Waals surface area contributed by atoms with Crippen molar-refractivity contribution < 1.29 is 14.3 Å². The van der Waals surface area contributed by atoms with Gasteiger partial charge in [-0.25, -0.2) is 4.79 Å². The van der Waals surface area contributed by atoms with E-state index in [2.05, 4.69) is 15.0 Å². The monoisotopic (exact) mass is 272 g/mol. The quantitative estimate of drug-likeness (QED) is 0.866. The summed E-state index contributed by atoms with van der Waals surface area (Å²) in [5, 5.41) is 3.48. The van der Waals surface area contributed by atoms with E-state index in [4.69, 9.17) is 0 Å². The largest absolute Gasteiger partial charge is 0.467 e. The lowest BCUT2D eigenvalue weighted by atomic mass is 10.1. The molecule has 0 radical (unpaired) electrons. The predicted molar refractivity (Wildman–Crippen MR) is 75.4 cm³/mol. The first-order valence-electron chi connectivity index (χ1n) is 6.28. The summed E-state index contributed by atoms with van der Waals surface area (Å²) in [5.41, 5.74) is 1.92. The molecule has 0 aliphatic rings. The Bertz CT molecular complexity index is 667. The molecule has 0 spiro atoms. The molecular weight excluding hydrogens is 256 g/mol. The van der Waals surface area contributed by atoms with Crippen molar-refractivity contribution in [2.45, 2.75) is 19.9 Å². The summed E-state index contributed by atoms with van der Waals surface area (Å²) < 4.78 is 4.58. The standard InChI is InChI=1S/C15H16N2O3/c1-9-12(14(18)17-10(2)15(19)20-3)8-11-6-4-5-7-13(11)16-9/h4-8,10H,1-3H3,(H,17,18). The zero-order valence-electron chi connectivity index (χ0n) is 11.6. The van der Waals surface area contributed by atoms with E-state index in [1.54, 1.807) is 19.9 Å². The molecule has 1 amide bonds. The zero-order valence-corrected chi connectivity index (χ0v) is 11.6. The molecule has 0 aliphatic heterocycles. The van der Waals surface area contributed by atoms with Crippen LogP contribution in [0.4, 0.5) is 0 Å². The van der Waals surface area contributed by atoms with E-state index in [-0.39, 0.29) is 5.91 Å². The average molecular weight is 272 g/mol. The molecule has 2 rings (SSSR count). The number of aryl methyl sites for hydroxylation is 1. The van der Waals surface area contributed by atoms with Crippen molar-refractivity contribution in [2.75, 3.05) is 7.11 Å². The van der Waals surface area contributed by atoms with Crippen LogP contribution in [-0.2, 0) is 9.53 Å². The van der Waals surface area contributed by atoms with Gasteiger partial charge in [0.05, 0.1) is 23.9 Å². The first-order valence-corrected chi connectivity index (χ1v) is 6.28. The lowest BCUT2D eigenvalue weighted by Crippen LogP contribution is -2.39. The van der Waals surface area contributed by atoms with Gasteiger partial charge in [-0.1, -0.05) is 18.2 Å². The number of methoxy groups -OCH3 is 1. The highest BCUT2D eigenvalue weighted by atomic mass is 16.5. The SMILES string of the molecule is COC(=O)C(C)NC(=O)c1cc2ccccc2nc1C. The Labute approximate surface area is 117 Å². The molecule has 0 aliphatic carbocycles. The molecule has 1 unspecified atom stereocenters. The number of nitrogens with zero attached hydrogens (tertiary/aromatic N) is 1. The van der Waals surface area contributed by atoms with Gasteiger partial charge in [0.2, 0.25) is 0 Å². The number of nitrogens with one attached hydrogen (secondary N) is 1. The maximum Gasteiger partial charge on any atom is 0.328 e. The Balaban J connectivity index is 2.30. The summed E-state index contributed by atoms with van der Waals surface area (Å²) in [5.74, 6) is -0.816. The van der Waals surface area contributed by atoms with Crippen LogP contribution in [0.2, 0.25) is 0 Å². The van der Waals surface area contributed by atoms with Crippen LogP contribution in [0.1, 0.15) is 23.0 Å². The number of para-hydroxylation sites is 1. The number of fused-ring (bicyclic) bond motifs is 1. The molecule has 1 atom stereocenters. The Kier molecular flexibility index (Phi) is 3.98. The van der Waals surface area contributed by atoms with Crippen LogP contribution in [0, 0.1) is 6.92 Å². The molecule has 1 aromatic heterocycles. The molecule has 5 nitrogen and oxygen atoms in total. The average Bonchev–Trinajstić information content (AvgIpc) is 2.45. The normalized spacial score (nSPS) is 11.9. The summed E-state index contributed by atoms with van der Waals surface area (Å²) >= 11 is 0. The number of benzene rings is 1. The molecule has 104 valence electrons. The van der Waals surface area contributed by atoms with Crippen LogP contribution < -0.4 is 5.32 Å². The highest BCUT2D eigenvalue weighted by Crippen LogP contribution is 2.16. The van der Waals surface area contributed by atoms with Crippen LogP contribution >= 0.6 is 0 Å². The fraction of sp³-hybridized carbons (Fsp3) is 0.267. The summed E-state index contributed by atoms with van der Waals surface area (Å²) in [7, 11) is 1.29. The van der Waals surface area contributed by atoms with Crippen molar-refractivity contribution in [2.24, 2.45) is 0 Å². The summed E-state index contributed by atoms with van der Waals surface area (Å²) in [6.07, 6.45) is 0. The first-order chi connectivity index (χ1) is 9.52. The molecule has 1 heterocycles. The van der Waals surface area contributed by atoms with Gasteiger partial charge >= 0.3 is 5.97 Å². The van der Waals surface area contributed by atoms with Gasteiger partial charge < -0.3 is 10.1 Å². The van der Waals surface area contributed by atoms with Crippen molar-refractivity contribution in [3.05, 3.63) is 41.6 Å². The van der Waals surface area contributed by atoms with Gasteiger partial charge in [0.25, 0.3) is 5.91 Å². The molecule has 1 N–H and O–H groups in total. The van der Waals surface area contributed by atoms with E-state index < -0.39 is 12.0 Å². The Morgan fingerprint density at radius 1 is 1.30 bits per heavy atom. The topological polar surface area (TPSA) is 68.3 Å². The summed E-state index contributed by atoms with van der Waals surface area (Å²) in [6, 6.07) is 8.64. The molecule has 0 saturated heterocycles. The number of hydrogen-bond donors (Lipinski definition) is 1. The van der Waals surface area contributed by atoms with E-state index >= 15 is 0 Å². The smallest absolute Gasteiger partial charge is 0.328 e. The predicted octanol–water partition coefficient (Wildman–Crippen LogP) is 1.83. The molecular formula is C15H16N2O3. The minimum atomic E-state index is -0.696. The van der Waals surface area contributed by atoms with E-state index in [1.807, 2.05) is 24.3 Å². The molecule has 0 fully saturated rings. The third-order valence-electron chi connectivity index (χ3n) is 3.06. The van der Waals surface area contributed by atoms with Crippen LogP contribution in [0.3, 0.4) is 0 Å². The van der Waals surface area contributed by atoms with Crippen LogP contribution in [0.5, 0.6) is 0 Å². The van der Waals surface area contributed by atoms with Crippen molar-refractivity contribution >= 4 is 22.8 Å². The second-order valence-electron chi connectivity index (χ2n) is 4.53. The number of amides is 1. The Morgan fingerprint density at radius 3 is 2.70 bits per heavy atom. The summed E-state index contributed by atoms with van der Waals surface area (Å²) in [6.45, 7) is 3.34. The minimum Gasteiger partial charge on any atom is -0.467 e. The Hall–Kier alpha value is -2.43. The maximum absolute atomic E-state index is 12.2. The molecule has 1 aromatic carbocycles. The lowest BCUT2D eigenvalue weighted by molar-refractivity contribution is -0.142. The second-order valence-corrected chi connectivity index (χ2v) is 4.53. The molecule has 0 bridgehead atoms. The fourth-order valence-electron chi connectivity index (χ4n) is 1.95. The summed E-state index contributed by atoms with van der Waals surface area (Å²) in [4.78, 5) is 27.9. The highest BCUT2D eigenvalue weighted by Gasteiger charge is 2.18. The fourth-order valence-corrected chi connectivity index (χ4v) is 1.95. The number of carbonyl (C=O) groups excluding carboxylic acids is 2. The van der Waals surface area contributed by atoms with Gasteiger partial charge in [-0.2, -0.15) is 0 Å². The van der Waals surface area contributed by atoms with Crippen molar-refractivity contribution in [3.63, 3.8) is 0 Å². The number of rotatable bonds is 3. The van der Waals surface area contributed by atoms with Gasteiger partial charge in [-0.15, -0.1) is 0 Å². The molecule has 5 heteroatoms. The van der Waals surface area contributed by atoms with Gasteiger partial charge in [0.1, 0.15) is 6.04 Å². The van der Waals surface area contributed by atoms with Crippen molar-refractivity contribution in [3.8, 4) is 0 Å². The van der Waals surface area contributed by atoms with Gasteiger partial charge in [0, 0.05) is 5.39 Å². The minimum absolute atomic E-state index is 0.335. The van der Waals surface area contributed by atoms with Crippen LogP contribution in [-0.4, -0.2) is 30.0 Å². The highest BCUT2D eigenvalue weighted by molar-refractivity contribution is 6.00. The van der Waals surface area contributed by atoms with Crippen LogP contribution in [0.15, 0.2) is 30.3 Å². The third kappa shape index (κ3) is 2.77. The molecule has 2 aromatic rings. The number of pyridine rings is 1.